The van der Waals surface area contributed by atoms with Crippen LogP contribution in [0.2, 0.25) is 0 Å². The van der Waals surface area contributed by atoms with Gasteiger partial charge in [-0.2, -0.15) is 0 Å². The maximum atomic E-state index is 6.53. The summed E-state index contributed by atoms with van der Waals surface area (Å²) in [6.45, 7) is 0. The highest BCUT2D eigenvalue weighted by molar-refractivity contribution is 6.12. The number of nitrogens with zero attached hydrogens (tertiary/aromatic N) is 2. The third-order valence-electron chi connectivity index (χ3n) is 14.4. The fourth-order valence-corrected chi connectivity index (χ4v) is 10.9. The maximum absolute atomic E-state index is 6.53. The van der Waals surface area contributed by atoms with Crippen molar-refractivity contribution in [2.24, 2.45) is 0 Å². The van der Waals surface area contributed by atoms with E-state index in [9.17, 15) is 0 Å². The molecule has 14 aromatic rings. The van der Waals surface area contributed by atoms with Crippen LogP contribution in [0.15, 0.2) is 271 Å². The highest BCUT2D eigenvalue weighted by atomic mass is 16.3. The van der Waals surface area contributed by atoms with Gasteiger partial charge in [0, 0.05) is 49.9 Å². The van der Waals surface area contributed by atoms with Crippen LogP contribution in [0, 0.1) is 0 Å². The quantitative estimate of drug-likeness (QED) is 0.142. The fourth-order valence-electron chi connectivity index (χ4n) is 10.9. The number of rotatable bonds is 8. The molecule has 0 unspecified atom stereocenters. The second-order valence-electron chi connectivity index (χ2n) is 18.5. The number of fused-ring (bicyclic) bond motifs is 9. The fraction of sp³-hybridized carbons (Fsp3) is 0. The van der Waals surface area contributed by atoms with Crippen molar-refractivity contribution in [2.45, 2.75) is 0 Å². The Morgan fingerprint density at radius 2 is 0.761 bits per heavy atom. The first-order valence-electron chi connectivity index (χ1n) is 24.3. The Morgan fingerprint density at radius 3 is 1.44 bits per heavy atom. The molecular weight excluding hydrogens is 861 g/mol. The summed E-state index contributed by atoms with van der Waals surface area (Å²) in [6.07, 6.45) is 0. The minimum atomic E-state index is 0.887. The predicted octanol–water partition coefficient (Wildman–Crippen LogP) is 19.1. The molecule has 0 aliphatic heterocycles. The number of benzene rings is 12. The van der Waals surface area contributed by atoms with Gasteiger partial charge in [-0.05, 0) is 145 Å². The molecule has 14 rings (SSSR count). The number of para-hydroxylation sites is 3. The van der Waals surface area contributed by atoms with Crippen molar-refractivity contribution < 1.29 is 4.42 Å². The van der Waals surface area contributed by atoms with Crippen molar-refractivity contribution in [3.8, 4) is 50.2 Å². The van der Waals surface area contributed by atoms with E-state index in [1.165, 1.54) is 65.6 Å². The Bertz CT molecular complexity index is 4300. The van der Waals surface area contributed by atoms with Gasteiger partial charge in [0.25, 0.3) is 0 Å². The zero-order chi connectivity index (χ0) is 46.8. The molecule has 332 valence electrons. The zero-order valence-corrected chi connectivity index (χ0v) is 38.7. The van der Waals surface area contributed by atoms with Crippen LogP contribution in [0.5, 0.6) is 0 Å². The zero-order valence-electron chi connectivity index (χ0n) is 38.7. The first-order chi connectivity index (χ1) is 35.2. The monoisotopic (exact) mass is 904 g/mol. The minimum absolute atomic E-state index is 0.887. The molecule has 0 aliphatic rings. The summed E-state index contributed by atoms with van der Waals surface area (Å²) < 4.78 is 8.90. The van der Waals surface area contributed by atoms with E-state index in [1.807, 2.05) is 6.07 Å². The number of hydrogen-bond donors (Lipinski definition) is 0. The van der Waals surface area contributed by atoms with E-state index in [2.05, 4.69) is 270 Å². The van der Waals surface area contributed by atoms with Crippen LogP contribution in [-0.2, 0) is 0 Å². The Labute approximate surface area is 411 Å². The molecule has 71 heavy (non-hydrogen) atoms. The molecule has 0 amide bonds. The Morgan fingerprint density at radius 1 is 0.282 bits per heavy atom. The van der Waals surface area contributed by atoms with Crippen molar-refractivity contribution in [1.82, 2.24) is 4.57 Å². The van der Waals surface area contributed by atoms with Crippen molar-refractivity contribution in [3.05, 3.63) is 267 Å². The predicted molar refractivity (Wildman–Crippen MR) is 299 cm³/mol. The van der Waals surface area contributed by atoms with Gasteiger partial charge >= 0.3 is 0 Å². The van der Waals surface area contributed by atoms with E-state index in [0.717, 1.165) is 66.9 Å². The number of hydrogen-bond acceptors (Lipinski definition) is 2. The lowest BCUT2D eigenvalue weighted by atomic mass is 9.97. The molecule has 0 saturated carbocycles. The minimum Gasteiger partial charge on any atom is -0.455 e. The van der Waals surface area contributed by atoms with E-state index in [-0.39, 0.29) is 0 Å². The molecule has 0 fully saturated rings. The van der Waals surface area contributed by atoms with Crippen LogP contribution in [0.25, 0.3) is 115 Å². The molecule has 3 nitrogen and oxygen atoms in total. The van der Waals surface area contributed by atoms with Crippen molar-refractivity contribution >= 4 is 82.4 Å². The lowest BCUT2D eigenvalue weighted by Crippen LogP contribution is -2.09. The van der Waals surface area contributed by atoms with Crippen LogP contribution in [-0.4, -0.2) is 4.57 Å². The Kier molecular flexibility index (Phi) is 9.53. The molecule has 0 saturated heterocycles. The van der Waals surface area contributed by atoms with E-state index in [0.29, 0.717) is 0 Å². The van der Waals surface area contributed by atoms with Gasteiger partial charge in [-0.25, -0.2) is 0 Å². The molecule has 0 bridgehead atoms. The Hall–Kier alpha value is -9.44. The van der Waals surface area contributed by atoms with Gasteiger partial charge in [-0.15, -0.1) is 0 Å². The third kappa shape index (κ3) is 6.97. The summed E-state index contributed by atoms with van der Waals surface area (Å²) in [4.78, 5) is 2.36. The van der Waals surface area contributed by atoms with Gasteiger partial charge in [-0.1, -0.05) is 182 Å². The number of aromatic nitrogens is 1. The molecule has 3 heteroatoms. The Balaban J connectivity index is 0.838. The SMILES string of the molecule is c1ccc(-c2cccc3c2oc2ccc(-c4ccc(N(c5ccc(-c6ccc7ccc8ccccc8c7c6)cc5)c5ccc(-c6ccc7c(c6)c6ccccc6n7-c6ccccc6)cc5)cc4)cc23)cc1. The molecule has 2 heterocycles. The third-order valence-corrected chi connectivity index (χ3v) is 14.4. The number of furan rings is 1. The summed E-state index contributed by atoms with van der Waals surface area (Å²) in [5.74, 6) is 0. The van der Waals surface area contributed by atoms with Crippen LogP contribution >= 0.6 is 0 Å². The summed E-state index contributed by atoms with van der Waals surface area (Å²) >= 11 is 0. The number of anilines is 3. The molecular formula is C68H44N2O. The second kappa shape index (κ2) is 16.7. The van der Waals surface area contributed by atoms with Gasteiger partial charge in [-0.3, -0.25) is 0 Å². The molecule has 0 N–H and O–H groups in total. The molecule has 0 aliphatic carbocycles. The lowest BCUT2D eigenvalue weighted by molar-refractivity contribution is 0.670. The average Bonchev–Trinajstić information content (AvgIpc) is 3.99. The molecule has 0 radical (unpaired) electrons. The highest BCUT2D eigenvalue weighted by Crippen LogP contribution is 2.42. The highest BCUT2D eigenvalue weighted by Gasteiger charge is 2.18. The van der Waals surface area contributed by atoms with Crippen LogP contribution < -0.4 is 4.90 Å². The standard InChI is InChI=1S/C68H44N2O/c1-3-12-48(13-4-1)59-19-11-20-61-64-44-53(33-41-67(64)71-68(59)61)47-30-38-57(39-31-47)69(55-34-26-45(27-35-55)51-25-24-50-23-22-49-14-7-8-17-58(49)62(50)42-51)56-36-28-46(29-37-56)52-32-40-66-63(43-52)60-18-9-10-21-65(60)70(66)54-15-5-2-6-16-54/h1-44H. The maximum Gasteiger partial charge on any atom is 0.143 e. The van der Waals surface area contributed by atoms with Crippen LogP contribution in [0.3, 0.4) is 0 Å². The van der Waals surface area contributed by atoms with Gasteiger partial charge in [0.15, 0.2) is 0 Å². The first-order valence-corrected chi connectivity index (χ1v) is 24.3. The van der Waals surface area contributed by atoms with Crippen LogP contribution in [0.4, 0.5) is 17.1 Å². The van der Waals surface area contributed by atoms with Crippen molar-refractivity contribution in [1.29, 1.82) is 0 Å². The molecule has 2 aromatic heterocycles. The average molecular weight is 905 g/mol. The van der Waals surface area contributed by atoms with Crippen molar-refractivity contribution in [2.75, 3.05) is 4.90 Å². The van der Waals surface area contributed by atoms with E-state index in [4.69, 9.17) is 4.42 Å². The van der Waals surface area contributed by atoms with Gasteiger partial charge < -0.3 is 13.9 Å². The van der Waals surface area contributed by atoms with Gasteiger partial charge in [0.2, 0.25) is 0 Å². The topological polar surface area (TPSA) is 21.3 Å². The molecule has 0 atom stereocenters. The second-order valence-corrected chi connectivity index (χ2v) is 18.5. The van der Waals surface area contributed by atoms with Crippen LogP contribution in [0.1, 0.15) is 0 Å². The summed E-state index contributed by atoms with van der Waals surface area (Å²) in [7, 11) is 0. The molecule has 12 aromatic carbocycles. The largest absolute Gasteiger partial charge is 0.455 e. The molecule has 0 spiro atoms. The van der Waals surface area contributed by atoms with E-state index >= 15 is 0 Å². The summed E-state index contributed by atoms with van der Waals surface area (Å²) in [6, 6.07) is 96.6. The first kappa shape index (κ1) is 40.6. The van der Waals surface area contributed by atoms with E-state index < -0.39 is 0 Å². The smallest absolute Gasteiger partial charge is 0.143 e. The lowest BCUT2D eigenvalue weighted by Gasteiger charge is -2.26. The van der Waals surface area contributed by atoms with E-state index in [1.54, 1.807) is 0 Å². The summed E-state index contributed by atoms with van der Waals surface area (Å²) in [5, 5.41) is 9.76. The normalized spacial score (nSPS) is 11.7. The van der Waals surface area contributed by atoms with Crippen molar-refractivity contribution in [3.63, 3.8) is 0 Å². The van der Waals surface area contributed by atoms with Gasteiger partial charge in [0.1, 0.15) is 11.2 Å². The van der Waals surface area contributed by atoms with Gasteiger partial charge in [0.05, 0.1) is 11.0 Å². The summed E-state index contributed by atoms with van der Waals surface area (Å²) in [5.41, 5.74) is 17.9.